The Morgan fingerprint density at radius 3 is 2.55 bits per heavy atom. The van der Waals surface area contributed by atoms with Gasteiger partial charge in [0.15, 0.2) is 0 Å². The minimum atomic E-state index is -0.366. The fraction of sp³-hybridized carbons (Fsp3) is 0.786. The van der Waals surface area contributed by atoms with Gasteiger partial charge >= 0.3 is 0 Å². The van der Waals surface area contributed by atoms with Gasteiger partial charge in [-0.2, -0.15) is 0 Å². The van der Waals surface area contributed by atoms with Crippen LogP contribution in [0.15, 0.2) is 34.7 Å². The quantitative estimate of drug-likeness (QED) is 0.358. The van der Waals surface area contributed by atoms with Crippen LogP contribution in [0.4, 0.5) is 0 Å². The van der Waals surface area contributed by atoms with Gasteiger partial charge in [0.05, 0.1) is 18.6 Å². The lowest BCUT2D eigenvalue weighted by atomic mass is 9.42. The zero-order valence-corrected chi connectivity index (χ0v) is 21.4. The van der Waals surface area contributed by atoms with Gasteiger partial charge in [0.25, 0.3) is 0 Å². The third-order valence-electron chi connectivity index (χ3n) is 10.5. The molecule has 0 amide bonds. The summed E-state index contributed by atoms with van der Waals surface area (Å²) in [5.41, 5.74) is 8.44. The van der Waals surface area contributed by atoms with E-state index in [1.807, 2.05) is 6.26 Å². The van der Waals surface area contributed by atoms with Crippen LogP contribution in [0.25, 0.3) is 0 Å². The Balaban J connectivity index is 1.75. The Morgan fingerprint density at radius 2 is 1.91 bits per heavy atom. The minimum absolute atomic E-state index is 0.0405. The predicted molar refractivity (Wildman–Crippen MR) is 133 cm³/mol. The SMILES string of the molecule is CC1(CNCCN)C2=CC[C@@H](c3ccoc3)[C@]2(C)CCC1[C@@]1(C)CC[C@@H](O)C(C)(C)[C@@H]1CO. The number of rotatable bonds is 7. The number of allylic oxidation sites excluding steroid dienone is 1. The molecule has 2 fully saturated rings. The van der Waals surface area contributed by atoms with E-state index in [1.165, 1.54) is 5.56 Å². The van der Waals surface area contributed by atoms with Crippen molar-refractivity contribution >= 4 is 0 Å². The van der Waals surface area contributed by atoms with Crippen LogP contribution in [0.3, 0.4) is 0 Å². The summed E-state index contributed by atoms with van der Waals surface area (Å²) in [6, 6.07) is 2.14. The molecule has 0 spiro atoms. The Bertz CT molecular complexity index is 849. The van der Waals surface area contributed by atoms with Crippen LogP contribution in [-0.2, 0) is 0 Å². The van der Waals surface area contributed by atoms with E-state index < -0.39 is 0 Å². The van der Waals surface area contributed by atoms with Gasteiger partial charge in [0.2, 0.25) is 0 Å². The van der Waals surface area contributed by atoms with Crippen molar-refractivity contribution in [1.29, 1.82) is 0 Å². The smallest absolute Gasteiger partial charge is 0.0937 e. The maximum absolute atomic E-state index is 10.8. The van der Waals surface area contributed by atoms with E-state index >= 15 is 0 Å². The largest absolute Gasteiger partial charge is 0.472 e. The summed E-state index contributed by atoms with van der Waals surface area (Å²) in [6.07, 6.45) is 11.0. The van der Waals surface area contributed by atoms with Gasteiger partial charge in [0, 0.05) is 31.7 Å². The van der Waals surface area contributed by atoms with E-state index in [9.17, 15) is 10.2 Å². The molecular formula is C28H46N2O3. The molecule has 2 saturated carbocycles. The van der Waals surface area contributed by atoms with Crippen LogP contribution in [0, 0.1) is 33.5 Å². The number of furan rings is 1. The van der Waals surface area contributed by atoms with Crippen molar-refractivity contribution in [2.45, 2.75) is 78.7 Å². The van der Waals surface area contributed by atoms with Gasteiger partial charge in [-0.3, -0.25) is 0 Å². The van der Waals surface area contributed by atoms with E-state index in [2.05, 4.69) is 52.1 Å². The van der Waals surface area contributed by atoms with Gasteiger partial charge < -0.3 is 25.7 Å². The molecule has 7 atom stereocenters. The second-order valence-corrected chi connectivity index (χ2v) is 12.5. The number of hydrogen-bond acceptors (Lipinski definition) is 5. The van der Waals surface area contributed by atoms with Crippen molar-refractivity contribution in [3.63, 3.8) is 0 Å². The van der Waals surface area contributed by atoms with Gasteiger partial charge in [-0.15, -0.1) is 0 Å². The molecule has 33 heavy (non-hydrogen) atoms. The molecular weight excluding hydrogens is 412 g/mol. The first-order chi connectivity index (χ1) is 15.6. The summed E-state index contributed by atoms with van der Waals surface area (Å²) in [5.74, 6) is 0.928. The van der Waals surface area contributed by atoms with Crippen molar-refractivity contribution in [2.24, 2.45) is 39.2 Å². The van der Waals surface area contributed by atoms with Crippen LogP contribution in [0.2, 0.25) is 0 Å². The van der Waals surface area contributed by atoms with Crippen molar-refractivity contribution in [2.75, 3.05) is 26.2 Å². The molecule has 5 heteroatoms. The zero-order chi connectivity index (χ0) is 24.1. The Hall–Kier alpha value is -1.14. The van der Waals surface area contributed by atoms with Crippen molar-refractivity contribution in [1.82, 2.24) is 5.32 Å². The summed E-state index contributed by atoms with van der Waals surface area (Å²) in [5, 5.41) is 25.2. The average Bonchev–Trinajstić information content (AvgIpc) is 3.39. The maximum Gasteiger partial charge on any atom is 0.0937 e. The number of nitrogens with two attached hydrogens (primary N) is 1. The fourth-order valence-corrected chi connectivity index (χ4v) is 8.70. The van der Waals surface area contributed by atoms with Crippen molar-refractivity contribution in [3.8, 4) is 0 Å². The minimum Gasteiger partial charge on any atom is -0.472 e. The third-order valence-corrected chi connectivity index (χ3v) is 10.5. The molecule has 5 N–H and O–H groups in total. The molecule has 5 nitrogen and oxygen atoms in total. The first-order valence-corrected chi connectivity index (χ1v) is 13.0. The number of aliphatic hydroxyl groups excluding tert-OH is 2. The highest BCUT2D eigenvalue weighted by Crippen LogP contribution is 2.69. The zero-order valence-electron chi connectivity index (χ0n) is 21.4. The van der Waals surface area contributed by atoms with Crippen LogP contribution < -0.4 is 11.1 Å². The molecule has 186 valence electrons. The lowest BCUT2D eigenvalue weighted by Gasteiger charge is -2.63. The van der Waals surface area contributed by atoms with E-state index in [0.29, 0.717) is 18.4 Å². The van der Waals surface area contributed by atoms with Gasteiger partial charge in [0.1, 0.15) is 0 Å². The molecule has 1 heterocycles. The Morgan fingerprint density at radius 1 is 1.15 bits per heavy atom. The summed E-state index contributed by atoms with van der Waals surface area (Å²) in [6.45, 7) is 14.1. The molecule has 0 saturated heterocycles. The van der Waals surface area contributed by atoms with Gasteiger partial charge in [-0.05, 0) is 77.7 Å². The standard InChI is InChI=1S/C28H46N2O3/c1-25(2)23(16-31)27(4,12-9-24(25)32)22-8-11-26(3)20(19-10-15-33-17-19)6-7-21(26)28(22,5)18-30-14-13-29/h7,10,15,17,20,22-24,30-32H,6,8-9,11-14,16,18,29H2,1-5H3/t20-,22?,23-,24+,26-,27+,28?/m0/s1. The average molecular weight is 459 g/mol. The monoisotopic (exact) mass is 458 g/mol. The normalized spacial score (nSPS) is 42.7. The second-order valence-electron chi connectivity index (χ2n) is 12.5. The summed E-state index contributed by atoms with van der Waals surface area (Å²) in [4.78, 5) is 0. The number of fused-ring (bicyclic) bond motifs is 1. The maximum atomic E-state index is 10.8. The first kappa shape index (κ1) is 25.0. The van der Waals surface area contributed by atoms with Gasteiger partial charge in [-0.25, -0.2) is 0 Å². The number of hydrogen-bond donors (Lipinski definition) is 4. The molecule has 1 aromatic rings. The fourth-order valence-electron chi connectivity index (χ4n) is 8.70. The highest BCUT2D eigenvalue weighted by atomic mass is 16.3. The highest BCUT2D eigenvalue weighted by Gasteiger charge is 2.62. The third kappa shape index (κ3) is 3.74. The van der Waals surface area contributed by atoms with E-state index in [1.54, 1.807) is 11.8 Å². The second kappa shape index (κ2) is 8.82. The molecule has 1 aromatic heterocycles. The van der Waals surface area contributed by atoms with Gasteiger partial charge in [-0.1, -0.05) is 46.3 Å². The number of nitrogens with one attached hydrogen (secondary N) is 1. The van der Waals surface area contributed by atoms with Crippen LogP contribution >= 0.6 is 0 Å². The van der Waals surface area contributed by atoms with E-state index in [4.69, 9.17) is 10.2 Å². The highest BCUT2D eigenvalue weighted by molar-refractivity contribution is 5.39. The summed E-state index contributed by atoms with van der Waals surface area (Å²) in [7, 11) is 0. The lowest BCUT2D eigenvalue weighted by Crippen LogP contribution is -2.60. The topological polar surface area (TPSA) is 91.7 Å². The summed E-state index contributed by atoms with van der Waals surface area (Å²) < 4.78 is 5.48. The number of aliphatic hydroxyl groups is 2. The Kier molecular flexibility index (Phi) is 6.67. The van der Waals surface area contributed by atoms with Crippen LogP contribution in [0.1, 0.15) is 78.2 Å². The molecule has 0 bridgehead atoms. The van der Waals surface area contributed by atoms with E-state index in [-0.39, 0.29) is 40.3 Å². The molecule has 0 radical (unpaired) electrons. The predicted octanol–water partition coefficient (Wildman–Crippen LogP) is 4.46. The lowest BCUT2D eigenvalue weighted by molar-refractivity contribution is -0.157. The Labute approximate surface area is 200 Å². The molecule has 2 unspecified atom stereocenters. The molecule has 0 aliphatic heterocycles. The van der Waals surface area contributed by atoms with Crippen molar-refractivity contribution < 1.29 is 14.6 Å². The van der Waals surface area contributed by atoms with Crippen LogP contribution in [0.5, 0.6) is 0 Å². The molecule has 4 rings (SSSR count). The van der Waals surface area contributed by atoms with Crippen molar-refractivity contribution in [3.05, 3.63) is 35.8 Å². The first-order valence-electron chi connectivity index (χ1n) is 13.0. The van der Waals surface area contributed by atoms with E-state index in [0.717, 1.165) is 45.2 Å². The van der Waals surface area contributed by atoms with Crippen LogP contribution in [-0.4, -0.2) is 42.6 Å². The molecule has 3 aliphatic carbocycles. The molecule has 0 aromatic carbocycles. The summed E-state index contributed by atoms with van der Waals surface area (Å²) >= 11 is 0. The molecule has 3 aliphatic rings.